The van der Waals surface area contributed by atoms with Gasteiger partial charge in [0.2, 0.25) is 0 Å². The summed E-state index contributed by atoms with van der Waals surface area (Å²) in [5.74, 6) is -0.593. The van der Waals surface area contributed by atoms with E-state index in [2.05, 4.69) is 26.1 Å². The lowest BCUT2D eigenvalue weighted by Crippen LogP contribution is -2.18. The molecule has 132 valence electrons. The number of nitrogens with one attached hydrogen (secondary N) is 1. The molecule has 0 aliphatic heterocycles. The molecule has 0 atom stereocenters. The number of hydrogen-bond acceptors (Lipinski definition) is 3. The van der Waals surface area contributed by atoms with E-state index in [1.807, 2.05) is 12.1 Å². The summed E-state index contributed by atoms with van der Waals surface area (Å²) in [6.45, 7) is 6.19. The van der Waals surface area contributed by atoms with Gasteiger partial charge in [0.05, 0.1) is 19.1 Å². The van der Waals surface area contributed by atoms with Gasteiger partial charge in [-0.05, 0) is 29.2 Å². The number of ether oxygens (including phenoxy) is 1. The van der Waals surface area contributed by atoms with Crippen LogP contribution in [0, 0.1) is 0 Å². The van der Waals surface area contributed by atoms with Crippen molar-refractivity contribution in [3.05, 3.63) is 59.2 Å². The molecule has 2 aromatic carbocycles. The molecule has 1 amide bonds. The van der Waals surface area contributed by atoms with Gasteiger partial charge in [0, 0.05) is 11.3 Å². The third kappa shape index (κ3) is 4.59. The number of anilines is 1. The Morgan fingerprint density at radius 2 is 1.72 bits per heavy atom. The number of aliphatic carboxylic acids is 1. The molecule has 2 N–H and O–H groups in total. The minimum Gasteiger partial charge on any atom is -0.496 e. The molecule has 0 saturated heterocycles. The summed E-state index contributed by atoms with van der Waals surface area (Å²) in [6, 6.07) is 12.3. The SMILES string of the molecule is COc1c(C(=O)Nc2ccc(CC(=O)O)cc2)cccc1C(C)(C)C. The Balaban J connectivity index is 2.25. The lowest BCUT2D eigenvalue weighted by Gasteiger charge is -2.23. The van der Waals surface area contributed by atoms with Crippen molar-refractivity contribution in [3.63, 3.8) is 0 Å². The molecule has 2 rings (SSSR count). The number of carbonyl (C=O) groups is 2. The summed E-state index contributed by atoms with van der Waals surface area (Å²) >= 11 is 0. The van der Waals surface area contributed by atoms with Crippen molar-refractivity contribution in [2.45, 2.75) is 32.6 Å². The number of rotatable bonds is 5. The van der Waals surface area contributed by atoms with Gasteiger partial charge in [-0.15, -0.1) is 0 Å². The molecule has 0 aromatic heterocycles. The first-order valence-electron chi connectivity index (χ1n) is 8.02. The normalized spacial score (nSPS) is 11.0. The van der Waals surface area contributed by atoms with E-state index in [9.17, 15) is 9.59 Å². The van der Waals surface area contributed by atoms with Crippen LogP contribution < -0.4 is 10.1 Å². The van der Waals surface area contributed by atoms with Gasteiger partial charge in [-0.3, -0.25) is 9.59 Å². The van der Waals surface area contributed by atoms with Crippen LogP contribution in [0.15, 0.2) is 42.5 Å². The first-order chi connectivity index (χ1) is 11.7. The molecule has 0 bridgehead atoms. The van der Waals surface area contributed by atoms with E-state index in [0.29, 0.717) is 22.6 Å². The summed E-state index contributed by atoms with van der Waals surface area (Å²) in [7, 11) is 1.56. The van der Waals surface area contributed by atoms with Crippen LogP contribution in [0.5, 0.6) is 5.75 Å². The smallest absolute Gasteiger partial charge is 0.307 e. The maximum atomic E-state index is 12.7. The van der Waals surface area contributed by atoms with E-state index >= 15 is 0 Å². The largest absolute Gasteiger partial charge is 0.496 e. The van der Waals surface area contributed by atoms with E-state index in [1.165, 1.54) is 0 Å². The molecular weight excluding hydrogens is 318 g/mol. The van der Waals surface area contributed by atoms with Crippen molar-refractivity contribution < 1.29 is 19.4 Å². The minimum atomic E-state index is -0.888. The van der Waals surface area contributed by atoms with Crippen molar-refractivity contribution in [1.82, 2.24) is 0 Å². The third-order valence-electron chi connectivity index (χ3n) is 3.84. The zero-order valence-electron chi connectivity index (χ0n) is 14.9. The Labute approximate surface area is 147 Å². The third-order valence-corrected chi connectivity index (χ3v) is 3.84. The molecule has 5 heteroatoms. The van der Waals surface area contributed by atoms with Gasteiger partial charge in [0.25, 0.3) is 5.91 Å². The van der Waals surface area contributed by atoms with Gasteiger partial charge in [0.15, 0.2) is 0 Å². The van der Waals surface area contributed by atoms with Crippen LogP contribution >= 0.6 is 0 Å². The lowest BCUT2D eigenvalue weighted by molar-refractivity contribution is -0.136. The Morgan fingerprint density at radius 3 is 2.24 bits per heavy atom. The molecule has 2 aromatic rings. The van der Waals surface area contributed by atoms with Crippen LogP contribution in [-0.2, 0) is 16.6 Å². The van der Waals surface area contributed by atoms with Gasteiger partial charge in [-0.25, -0.2) is 0 Å². The number of amides is 1. The van der Waals surface area contributed by atoms with E-state index in [0.717, 1.165) is 5.56 Å². The number of carbonyl (C=O) groups excluding carboxylic acids is 1. The number of benzene rings is 2. The average Bonchev–Trinajstić information content (AvgIpc) is 2.54. The van der Waals surface area contributed by atoms with Gasteiger partial charge < -0.3 is 15.2 Å². The van der Waals surface area contributed by atoms with E-state index in [4.69, 9.17) is 9.84 Å². The number of carboxylic acids is 1. The molecule has 0 fully saturated rings. The molecule has 5 nitrogen and oxygen atoms in total. The molecule has 0 radical (unpaired) electrons. The summed E-state index contributed by atoms with van der Waals surface area (Å²) < 4.78 is 5.50. The topological polar surface area (TPSA) is 75.6 Å². The summed E-state index contributed by atoms with van der Waals surface area (Å²) in [4.78, 5) is 23.4. The monoisotopic (exact) mass is 341 g/mol. The van der Waals surface area contributed by atoms with Gasteiger partial charge in [-0.2, -0.15) is 0 Å². The highest BCUT2D eigenvalue weighted by Crippen LogP contribution is 2.34. The fourth-order valence-corrected chi connectivity index (χ4v) is 2.61. The fraction of sp³-hybridized carbons (Fsp3) is 0.300. The second-order valence-electron chi connectivity index (χ2n) is 6.86. The number of hydrogen-bond donors (Lipinski definition) is 2. The quantitative estimate of drug-likeness (QED) is 0.865. The van der Waals surface area contributed by atoms with E-state index in [1.54, 1.807) is 37.4 Å². The van der Waals surface area contributed by atoms with Crippen LogP contribution in [0.4, 0.5) is 5.69 Å². The molecule has 25 heavy (non-hydrogen) atoms. The highest BCUT2D eigenvalue weighted by atomic mass is 16.5. The van der Waals surface area contributed by atoms with Crippen molar-refractivity contribution in [2.24, 2.45) is 0 Å². The van der Waals surface area contributed by atoms with Crippen molar-refractivity contribution in [2.75, 3.05) is 12.4 Å². The lowest BCUT2D eigenvalue weighted by atomic mass is 9.85. The van der Waals surface area contributed by atoms with E-state index in [-0.39, 0.29) is 17.7 Å². The Morgan fingerprint density at radius 1 is 1.08 bits per heavy atom. The highest BCUT2D eigenvalue weighted by molar-refractivity contribution is 6.06. The Bertz CT molecular complexity index is 773. The zero-order valence-corrected chi connectivity index (χ0v) is 14.9. The van der Waals surface area contributed by atoms with Crippen molar-refractivity contribution in [1.29, 1.82) is 0 Å². The second kappa shape index (κ2) is 7.38. The molecule has 0 aliphatic rings. The first kappa shape index (κ1) is 18.5. The predicted molar refractivity (Wildman–Crippen MR) is 97.4 cm³/mol. The van der Waals surface area contributed by atoms with Gasteiger partial charge in [-0.1, -0.05) is 45.0 Å². The minimum absolute atomic E-state index is 0.0460. The zero-order chi connectivity index (χ0) is 18.6. The Hall–Kier alpha value is -2.82. The molecule has 0 spiro atoms. The summed E-state index contributed by atoms with van der Waals surface area (Å²) in [6.07, 6.45) is -0.0460. The molecule has 0 aliphatic carbocycles. The molecule has 0 heterocycles. The summed E-state index contributed by atoms with van der Waals surface area (Å²) in [5, 5.41) is 11.6. The van der Waals surface area contributed by atoms with Crippen LogP contribution in [0.1, 0.15) is 42.3 Å². The van der Waals surface area contributed by atoms with Crippen molar-refractivity contribution >= 4 is 17.6 Å². The van der Waals surface area contributed by atoms with Crippen LogP contribution in [0.3, 0.4) is 0 Å². The fourth-order valence-electron chi connectivity index (χ4n) is 2.61. The second-order valence-corrected chi connectivity index (χ2v) is 6.86. The maximum absolute atomic E-state index is 12.7. The van der Waals surface area contributed by atoms with E-state index < -0.39 is 5.97 Å². The van der Waals surface area contributed by atoms with Crippen LogP contribution in [0.2, 0.25) is 0 Å². The summed E-state index contributed by atoms with van der Waals surface area (Å²) in [5.41, 5.74) is 2.55. The standard InChI is InChI=1S/C20H23NO4/c1-20(2,3)16-7-5-6-15(18(16)25-4)19(24)21-14-10-8-13(9-11-14)12-17(22)23/h5-11H,12H2,1-4H3,(H,21,24)(H,22,23). The number of carboxylic acid groups (broad SMARTS) is 1. The molecular formula is C20H23NO4. The Kier molecular flexibility index (Phi) is 5.47. The molecule has 0 saturated carbocycles. The average molecular weight is 341 g/mol. The van der Waals surface area contributed by atoms with Crippen molar-refractivity contribution in [3.8, 4) is 5.75 Å². The number of methoxy groups -OCH3 is 1. The van der Waals surface area contributed by atoms with Gasteiger partial charge in [0.1, 0.15) is 5.75 Å². The maximum Gasteiger partial charge on any atom is 0.307 e. The molecule has 0 unspecified atom stereocenters. The van der Waals surface area contributed by atoms with Gasteiger partial charge >= 0.3 is 5.97 Å². The highest BCUT2D eigenvalue weighted by Gasteiger charge is 2.23. The predicted octanol–water partition coefficient (Wildman–Crippen LogP) is 3.87. The van der Waals surface area contributed by atoms with Crippen LogP contribution in [0.25, 0.3) is 0 Å². The number of para-hydroxylation sites is 1. The first-order valence-corrected chi connectivity index (χ1v) is 8.02. The van der Waals surface area contributed by atoms with Crippen LogP contribution in [-0.4, -0.2) is 24.1 Å².